The van der Waals surface area contributed by atoms with E-state index in [1.54, 1.807) is 25.2 Å². The average Bonchev–Trinajstić information content (AvgIpc) is 3.08. The summed E-state index contributed by atoms with van der Waals surface area (Å²) in [5.41, 5.74) is 2.78. The van der Waals surface area contributed by atoms with Crippen molar-refractivity contribution in [1.82, 2.24) is 10.0 Å². The molecule has 0 radical (unpaired) electrons. The number of likely N-dealkylation sites (N-methyl/N-ethyl adjacent to an activating group) is 1. The zero-order valence-electron chi connectivity index (χ0n) is 22.5. The predicted octanol–water partition coefficient (Wildman–Crippen LogP) is 4.30. The average molecular weight is 574 g/mol. The molecule has 1 fully saturated rings. The molecule has 4 amide bonds. The molecule has 41 heavy (non-hydrogen) atoms. The number of aliphatic imine (C=N–C) groups is 1. The Hall–Kier alpha value is -4.51. The number of carbonyl (C=O) groups excluding carboxylic acids is 3. The molecule has 3 aromatic rings. The van der Waals surface area contributed by atoms with Gasteiger partial charge in [-0.1, -0.05) is 61.7 Å². The van der Waals surface area contributed by atoms with E-state index in [1.807, 2.05) is 29.0 Å². The Labute approximate surface area is 238 Å². The summed E-state index contributed by atoms with van der Waals surface area (Å²) >= 11 is 0. The summed E-state index contributed by atoms with van der Waals surface area (Å²) in [6.45, 7) is 0. The van der Waals surface area contributed by atoms with Gasteiger partial charge in [-0.25, -0.2) is 17.9 Å². The van der Waals surface area contributed by atoms with Crippen LogP contribution in [0, 0.1) is 5.92 Å². The topological polar surface area (TPSA) is 137 Å². The predicted molar refractivity (Wildman–Crippen MR) is 156 cm³/mol. The highest BCUT2D eigenvalue weighted by molar-refractivity contribution is 7.90. The van der Waals surface area contributed by atoms with Crippen molar-refractivity contribution in [2.24, 2.45) is 10.9 Å². The fourth-order valence-corrected chi connectivity index (χ4v) is 6.23. The van der Waals surface area contributed by atoms with Gasteiger partial charge >= 0.3 is 6.03 Å². The summed E-state index contributed by atoms with van der Waals surface area (Å²) in [5, 5.41) is 5.25. The number of nitrogens with zero attached hydrogens (tertiary/aromatic N) is 2. The maximum atomic E-state index is 13.4. The number of urea groups is 1. The van der Waals surface area contributed by atoms with Crippen LogP contribution in [0.2, 0.25) is 0 Å². The molecular weight excluding hydrogens is 542 g/mol. The number of nitrogens with one attached hydrogen (secondary N) is 3. The first-order valence-corrected chi connectivity index (χ1v) is 15.0. The van der Waals surface area contributed by atoms with Crippen molar-refractivity contribution in [2.45, 2.75) is 43.2 Å². The zero-order chi connectivity index (χ0) is 29.0. The standard InChI is InChI=1S/C30H31N5O5S/c1-35-25-18-9-8-17-24(25)26(20-11-4-2-5-12-20)32-27(29(35)37)33-30(38)31-22-15-10-16-23(19-22)41(39,40)34-28(36)21-13-6-3-7-14-21/h3,6-10,13-20,27H,2,4-5,11-12H2,1H3,(H,34,36)(H2,31,33,38). The molecule has 1 heterocycles. The van der Waals surface area contributed by atoms with E-state index in [-0.39, 0.29) is 22.1 Å². The number of carbonyl (C=O) groups is 3. The Morgan fingerprint density at radius 2 is 1.61 bits per heavy atom. The van der Waals surface area contributed by atoms with Crippen molar-refractivity contribution in [3.8, 4) is 0 Å². The van der Waals surface area contributed by atoms with Gasteiger partial charge in [-0.3, -0.25) is 14.6 Å². The number of para-hydroxylation sites is 1. The molecule has 11 heteroatoms. The number of hydrogen-bond donors (Lipinski definition) is 3. The highest BCUT2D eigenvalue weighted by atomic mass is 32.2. The van der Waals surface area contributed by atoms with E-state index in [0.29, 0.717) is 0 Å². The molecule has 0 saturated heterocycles. The molecule has 0 bridgehead atoms. The van der Waals surface area contributed by atoms with Gasteiger partial charge in [0.25, 0.3) is 21.8 Å². The summed E-state index contributed by atoms with van der Waals surface area (Å²) in [6, 6.07) is 20.3. The second-order valence-corrected chi connectivity index (χ2v) is 11.8. The van der Waals surface area contributed by atoms with Crippen LogP contribution in [0.25, 0.3) is 0 Å². The first-order chi connectivity index (χ1) is 19.7. The number of sulfonamides is 1. The van der Waals surface area contributed by atoms with E-state index < -0.39 is 34.0 Å². The van der Waals surface area contributed by atoms with Gasteiger partial charge < -0.3 is 15.5 Å². The van der Waals surface area contributed by atoms with Gasteiger partial charge in [0, 0.05) is 29.8 Å². The minimum Gasteiger partial charge on any atom is -0.311 e. The van der Waals surface area contributed by atoms with Crippen LogP contribution in [0.15, 0.2) is 88.8 Å². The number of benzene rings is 3. The fraction of sp³-hybridized carbons (Fsp3) is 0.267. The molecule has 5 rings (SSSR count). The summed E-state index contributed by atoms with van der Waals surface area (Å²) in [6.07, 6.45) is 4.09. The Bertz CT molecular complexity index is 1600. The van der Waals surface area contributed by atoms with Crippen LogP contribution in [0.3, 0.4) is 0 Å². The minimum absolute atomic E-state index is 0.159. The lowest BCUT2D eigenvalue weighted by atomic mass is 9.83. The molecule has 1 aliphatic heterocycles. The third kappa shape index (κ3) is 6.30. The molecule has 1 atom stereocenters. The van der Waals surface area contributed by atoms with Gasteiger partial charge in [0.1, 0.15) is 0 Å². The maximum Gasteiger partial charge on any atom is 0.321 e. The summed E-state index contributed by atoms with van der Waals surface area (Å²) in [7, 11) is -2.56. The number of anilines is 2. The Kier molecular flexibility index (Phi) is 8.16. The second kappa shape index (κ2) is 11.9. The van der Waals surface area contributed by atoms with Gasteiger partial charge in [-0.15, -0.1) is 0 Å². The van der Waals surface area contributed by atoms with Gasteiger partial charge in [-0.2, -0.15) is 0 Å². The summed E-state index contributed by atoms with van der Waals surface area (Å²) < 4.78 is 27.7. The molecule has 1 saturated carbocycles. The van der Waals surface area contributed by atoms with E-state index in [0.717, 1.165) is 42.6 Å². The molecule has 3 aromatic carbocycles. The third-order valence-corrected chi connectivity index (χ3v) is 8.63. The van der Waals surface area contributed by atoms with Crippen molar-refractivity contribution in [3.63, 3.8) is 0 Å². The number of rotatable bonds is 6. The molecule has 1 unspecified atom stereocenters. The Morgan fingerprint density at radius 3 is 2.37 bits per heavy atom. The van der Waals surface area contributed by atoms with Crippen LogP contribution in [0.4, 0.5) is 16.2 Å². The van der Waals surface area contributed by atoms with E-state index in [9.17, 15) is 22.8 Å². The Morgan fingerprint density at radius 1 is 0.902 bits per heavy atom. The number of amides is 4. The van der Waals surface area contributed by atoms with Crippen molar-refractivity contribution < 1.29 is 22.8 Å². The van der Waals surface area contributed by atoms with E-state index in [4.69, 9.17) is 4.99 Å². The molecule has 0 aromatic heterocycles. The smallest absolute Gasteiger partial charge is 0.311 e. The highest BCUT2D eigenvalue weighted by Gasteiger charge is 2.33. The fourth-order valence-electron chi connectivity index (χ4n) is 5.21. The first kappa shape index (κ1) is 28.0. The van der Waals surface area contributed by atoms with Crippen molar-refractivity contribution >= 4 is 45.0 Å². The van der Waals surface area contributed by atoms with Crippen molar-refractivity contribution in [2.75, 3.05) is 17.3 Å². The lowest BCUT2D eigenvalue weighted by Crippen LogP contribution is -2.47. The molecule has 212 valence electrons. The minimum atomic E-state index is -4.22. The lowest BCUT2D eigenvalue weighted by molar-refractivity contribution is -0.119. The number of benzodiazepines with no additional fused rings is 1. The molecular formula is C30H31N5O5S. The van der Waals surface area contributed by atoms with Gasteiger partial charge in [0.15, 0.2) is 0 Å². The summed E-state index contributed by atoms with van der Waals surface area (Å²) in [4.78, 5) is 44.9. The maximum absolute atomic E-state index is 13.4. The van der Waals surface area contributed by atoms with Crippen molar-refractivity contribution in [1.29, 1.82) is 0 Å². The molecule has 10 nitrogen and oxygen atoms in total. The Balaban J connectivity index is 1.34. The molecule has 0 spiro atoms. The molecule has 1 aliphatic carbocycles. The largest absolute Gasteiger partial charge is 0.321 e. The van der Waals surface area contributed by atoms with Gasteiger partial charge in [-0.05, 0) is 49.2 Å². The monoisotopic (exact) mass is 573 g/mol. The zero-order valence-corrected chi connectivity index (χ0v) is 23.4. The SMILES string of the molecule is CN1C(=O)C(NC(=O)Nc2cccc(S(=O)(=O)NC(=O)c3ccccc3)c2)N=C(C2CCCCC2)c2ccccc21. The molecule has 3 N–H and O–H groups in total. The van der Waals surface area contributed by atoms with Gasteiger partial charge in [0.05, 0.1) is 16.3 Å². The van der Waals surface area contributed by atoms with Crippen LogP contribution in [-0.4, -0.2) is 45.2 Å². The van der Waals surface area contributed by atoms with E-state index in [2.05, 4.69) is 10.6 Å². The van der Waals surface area contributed by atoms with Crippen LogP contribution >= 0.6 is 0 Å². The summed E-state index contributed by atoms with van der Waals surface area (Å²) in [5.74, 6) is -0.978. The molecule has 2 aliphatic rings. The van der Waals surface area contributed by atoms with E-state index in [1.165, 1.54) is 47.7 Å². The van der Waals surface area contributed by atoms with Crippen LogP contribution < -0.4 is 20.3 Å². The quantitative estimate of drug-likeness (QED) is 0.404. The van der Waals surface area contributed by atoms with Crippen LogP contribution in [-0.2, 0) is 14.8 Å². The number of hydrogen-bond acceptors (Lipinski definition) is 6. The first-order valence-electron chi connectivity index (χ1n) is 13.5. The van der Waals surface area contributed by atoms with Crippen LogP contribution in [0.5, 0.6) is 0 Å². The van der Waals surface area contributed by atoms with Crippen LogP contribution in [0.1, 0.15) is 48.0 Å². The third-order valence-electron chi connectivity index (χ3n) is 7.30. The van der Waals surface area contributed by atoms with E-state index >= 15 is 0 Å². The second-order valence-electron chi connectivity index (χ2n) is 10.1. The number of fused-ring (bicyclic) bond motifs is 1. The lowest BCUT2D eigenvalue weighted by Gasteiger charge is -2.25. The van der Waals surface area contributed by atoms with Crippen molar-refractivity contribution in [3.05, 3.63) is 90.0 Å². The van der Waals surface area contributed by atoms with Gasteiger partial charge in [0.2, 0.25) is 6.17 Å². The normalized spacial score (nSPS) is 17.6. The highest BCUT2D eigenvalue weighted by Crippen LogP contribution is 2.33.